The third-order valence-corrected chi connectivity index (χ3v) is 5.74. The molecule has 2 unspecified atom stereocenters. The first-order valence-electron chi connectivity index (χ1n) is 8.66. The maximum absolute atomic E-state index is 8.84. The molecule has 3 aromatic rings. The second-order valence-corrected chi connectivity index (χ2v) is 7.51. The smallest absolute Gasteiger partial charge is 0.298 e. The first-order chi connectivity index (χ1) is 12.8. The van der Waals surface area contributed by atoms with Gasteiger partial charge >= 0.3 is 0 Å². The van der Waals surface area contributed by atoms with E-state index in [2.05, 4.69) is 15.2 Å². The summed E-state index contributed by atoms with van der Waals surface area (Å²) in [6, 6.07) is 7.37. The van der Waals surface area contributed by atoms with Crippen LogP contribution in [0.25, 0.3) is 21.7 Å². The summed E-state index contributed by atoms with van der Waals surface area (Å²) in [6.45, 7) is 1.76. The van der Waals surface area contributed by atoms with Crippen molar-refractivity contribution in [2.45, 2.75) is 24.9 Å². The topological polar surface area (TPSA) is 87.2 Å². The molecule has 1 N–H and O–H groups in total. The van der Waals surface area contributed by atoms with E-state index in [1.807, 2.05) is 23.6 Å². The van der Waals surface area contributed by atoms with Gasteiger partial charge in [-0.1, -0.05) is 0 Å². The summed E-state index contributed by atoms with van der Waals surface area (Å²) in [4.78, 5) is 11.3. The quantitative estimate of drug-likeness (QED) is 0.758. The van der Waals surface area contributed by atoms with Crippen LogP contribution in [0, 0.1) is 11.3 Å². The molecule has 0 aliphatic carbocycles. The van der Waals surface area contributed by atoms with Crippen LogP contribution in [0.2, 0.25) is 0 Å². The van der Waals surface area contributed by atoms with Crippen molar-refractivity contribution in [2.24, 2.45) is 0 Å². The van der Waals surface area contributed by atoms with Crippen LogP contribution >= 0.6 is 11.3 Å². The van der Waals surface area contributed by atoms with Gasteiger partial charge in [0.1, 0.15) is 11.1 Å². The lowest BCUT2D eigenvalue weighted by Gasteiger charge is -2.31. The van der Waals surface area contributed by atoms with Gasteiger partial charge in [0.25, 0.3) is 6.01 Å². The van der Waals surface area contributed by atoms with Gasteiger partial charge in [-0.15, -0.1) is 11.3 Å². The van der Waals surface area contributed by atoms with Crippen molar-refractivity contribution < 1.29 is 9.15 Å². The highest BCUT2D eigenvalue weighted by molar-refractivity contribution is 7.13. The molecule has 8 heteroatoms. The maximum Gasteiger partial charge on any atom is 0.298 e. The Balaban J connectivity index is 1.60. The summed E-state index contributed by atoms with van der Waals surface area (Å²) in [7, 11) is 0. The van der Waals surface area contributed by atoms with E-state index >= 15 is 0 Å². The van der Waals surface area contributed by atoms with Crippen LogP contribution in [-0.4, -0.2) is 41.7 Å². The van der Waals surface area contributed by atoms with Crippen molar-refractivity contribution in [3.63, 3.8) is 0 Å². The lowest BCUT2D eigenvalue weighted by molar-refractivity contribution is 0.372. The Labute approximate surface area is 154 Å². The molecule has 2 fully saturated rings. The normalized spacial score (nSPS) is 21.9. The summed E-state index contributed by atoms with van der Waals surface area (Å²) < 4.78 is 11.8. The van der Waals surface area contributed by atoms with Crippen LogP contribution in [0.4, 0.5) is 6.01 Å². The van der Waals surface area contributed by atoms with Gasteiger partial charge in [-0.05, 0) is 25.0 Å². The van der Waals surface area contributed by atoms with Gasteiger partial charge in [-0.2, -0.15) is 10.2 Å². The summed E-state index contributed by atoms with van der Waals surface area (Å²) in [5.41, 5.74) is 2.21. The van der Waals surface area contributed by atoms with Gasteiger partial charge < -0.3 is 19.4 Å². The number of anilines is 1. The second-order valence-electron chi connectivity index (χ2n) is 6.61. The number of rotatable bonds is 4. The maximum atomic E-state index is 8.84. The lowest BCUT2D eigenvalue weighted by Crippen LogP contribution is -2.51. The molecule has 0 amide bonds. The van der Waals surface area contributed by atoms with Crippen molar-refractivity contribution >= 4 is 28.5 Å². The minimum Gasteiger partial charge on any atom is -0.476 e. The minimum absolute atomic E-state index is 0.0221. The van der Waals surface area contributed by atoms with E-state index < -0.39 is 0 Å². The molecule has 0 spiro atoms. The molecule has 5 rings (SSSR count). The van der Waals surface area contributed by atoms with Crippen molar-refractivity contribution in [3.05, 3.63) is 23.7 Å². The molecule has 2 saturated heterocycles. The predicted octanol–water partition coefficient (Wildman–Crippen LogP) is 2.79. The molecule has 2 bridgehead atoms. The first-order valence-corrected chi connectivity index (χ1v) is 9.54. The van der Waals surface area contributed by atoms with Crippen LogP contribution in [0.15, 0.2) is 28.1 Å². The zero-order valence-electron chi connectivity index (χ0n) is 14.0. The van der Waals surface area contributed by atoms with Gasteiger partial charge in [0.05, 0.1) is 5.56 Å². The third kappa shape index (κ3) is 2.60. The Hall–Kier alpha value is -2.63. The molecular formula is C18H17N5O2S. The number of aromatic nitrogens is 2. The summed E-state index contributed by atoms with van der Waals surface area (Å²) in [6.07, 6.45) is 4.17. The van der Waals surface area contributed by atoms with E-state index in [1.165, 1.54) is 12.8 Å². The molecule has 26 heavy (non-hydrogen) atoms. The number of thiazole rings is 1. The Bertz CT molecular complexity index is 966. The summed E-state index contributed by atoms with van der Waals surface area (Å²) in [5, 5.41) is 15.3. The molecule has 0 radical (unpaired) electrons. The van der Waals surface area contributed by atoms with Crippen molar-refractivity contribution in [2.75, 3.05) is 24.6 Å². The molecule has 2 aromatic heterocycles. The van der Waals surface area contributed by atoms with E-state index in [-0.39, 0.29) is 6.61 Å². The number of oxazole rings is 1. The fourth-order valence-electron chi connectivity index (χ4n) is 3.81. The molecule has 4 heterocycles. The molecule has 2 aliphatic rings. The predicted molar refractivity (Wildman–Crippen MR) is 98.4 cm³/mol. The standard InChI is InChI=1S/C18H17N5O2S/c19-5-7-24-14-4-3-13(17-20-6-8-26-17)16-15(14)22-18(25-16)23-9-11-1-2-12(10-23)21-11/h3-4,6,8,11-12,21H,1-2,7,9-10H2. The molecule has 2 aliphatic heterocycles. The highest BCUT2D eigenvalue weighted by Gasteiger charge is 2.34. The van der Waals surface area contributed by atoms with Crippen LogP contribution in [-0.2, 0) is 0 Å². The highest BCUT2D eigenvalue weighted by atomic mass is 32.1. The Kier molecular flexibility index (Phi) is 3.76. The lowest BCUT2D eigenvalue weighted by atomic mass is 10.2. The van der Waals surface area contributed by atoms with E-state index in [0.29, 0.717) is 34.9 Å². The van der Waals surface area contributed by atoms with E-state index in [1.54, 1.807) is 17.5 Å². The zero-order valence-corrected chi connectivity index (χ0v) is 14.8. The van der Waals surface area contributed by atoms with E-state index in [0.717, 1.165) is 23.7 Å². The van der Waals surface area contributed by atoms with Crippen molar-refractivity contribution in [1.29, 1.82) is 5.26 Å². The number of hydrogen-bond donors (Lipinski definition) is 1. The minimum atomic E-state index is -0.0221. The highest BCUT2D eigenvalue weighted by Crippen LogP contribution is 2.38. The van der Waals surface area contributed by atoms with Gasteiger partial charge in [0.15, 0.2) is 23.5 Å². The number of piperazine rings is 1. The average molecular weight is 367 g/mol. The van der Waals surface area contributed by atoms with Gasteiger partial charge in [0.2, 0.25) is 0 Å². The summed E-state index contributed by atoms with van der Waals surface area (Å²) >= 11 is 1.55. The second kappa shape index (κ2) is 6.27. The number of nitriles is 1. The van der Waals surface area contributed by atoms with Crippen LogP contribution in [0.5, 0.6) is 5.75 Å². The van der Waals surface area contributed by atoms with Crippen molar-refractivity contribution in [1.82, 2.24) is 15.3 Å². The molecule has 2 atom stereocenters. The zero-order chi connectivity index (χ0) is 17.5. The van der Waals surface area contributed by atoms with Gasteiger partial charge in [-0.25, -0.2) is 4.98 Å². The number of fused-ring (bicyclic) bond motifs is 3. The fourth-order valence-corrected chi connectivity index (χ4v) is 4.47. The van der Waals surface area contributed by atoms with Crippen LogP contribution < -0.4 is 15.0 Å². The monoisotopic (exact) mass is 367 g/mol. The number of ether oxygens (including phenoxy) is 1. The Morgan fingerprint density at radius 1 is 1.35 bits per heavy atom. The van der Waals surface area contributed by atoms with Gasteiger partial charge in [0, 0.05) is 36.8 Å². The molecular weight excluding hydrogens is 350 g/mol. The average Bonchev–Trinajstić information content (AvgIpc) is 3.39. The van der Waals surface area contributed by atoms with Crippen LogP contribution in [0.3, 0.4) is 0 Å². The van der Waals surface area contributed by atoms with E-state index in [4.69, 9.17) is 19.4 Å². The number of benzene rings is 1. The number of nitrogens with zero attached hydrogens (tertiary/aromatic N) is 4. The van der Waals surface area contributed by atoms with E-state index in [9.17, 15) is 0 Å². The fraction of sp³-hybridized carbons (Fsp3) is 0.389. The Morgan fingerprint density at radius 3 is 2.92 bits per heavy atom. The third-order valence-electron chi connectivity index (χ3n) is 4.94. The van der Waals surface area contributed by atoms with Crippen molar-refractivity contribution in [3.8, 4) is 22.4 Å². The summed E-state index contributed by atoms with van der Waals surface area (Å²) in [5.74, 6) is 0.565. The largest absolute Gasteiger partial charge is 0.476 e. The SMILES string of the molecule is N#CCOc1ccc(-c2nccs2)c2oc(N3CC4CCC(C3)N4)nc12. The molecule has 132 valence electrons. The molecule has 0 saturated carbocycles. The molecule has 1 aromatic carbocycles. The van der Waals surface area contributed by atoms with Gasteiger partial charge in [-0.3, -0.25) is 0 Å². The molecule has 7 nitrogen and oxygen atoms in total. The Morgan fingerprint density at radius 2 is 2.19 bits per heavy atom. The van der Waals surface area contributed by atoms with Crippen LogP contribution in [0.1, 0.15) is 12.8 Å². The number of nitrogens with one attached hydrogen (secondary N) is 1. The first kappa shape index (κ1) is 15.6. The number of hydrogen-bond acceptors (Lipinski definition) is 8.